The van der Waals surface area contributed by atoms with Crippen LogP contribution in [0.5, 0.6) is 17.2 Å². The normalized spacial score (nSPS) is 19.6. The van der Waals surface area contributed by atoms with E-state index in [1.54, 1.807) is 0 Å². The topological polar surface area (TPSA) is 60.0 Å². The molecule has 1 aliphatic rings. The third-order valence-electron chi connectivity index (χ3n) is 2.88. The van der Waals surface area contributed by atoms with Gasteiger partial charge in [-0.1, -0.05) is 11.6 Å². The summed E-state index contributed by atoms with van der Waals surface area (Å²) < 4.78 is 16.1. The number of aromatic hydroxyl groups is 1. The Morgan fingerprint density at radius 2 is 2.22 bits per heavy atom. The van der Waals surface area contributed by atoms with Gasteiger partial charge in [-0.15, -0.1) is 0 Å². The third-order valence-corrected chi connectivity index (χ3v) is 3.17. The highest BCUT2D eigenvalue weighted by molar-refractivity contribution is 6.32. The fourth-order valence-corrected chi connectivity index (χ4v) is 2.23. The average Bonchev–Trinajstić information content (AvgIpc) is 2.42. The molecular formula is C12H16ClNO4. The van der Waals surface area contributed by atoms with Crippen LogP contribution in [0.25, 0.3) is 0 Å². The van der Waals surface area contributed by atoms with Gasteiger partial charge < -0.3 is 24.6 Å². The van der Waals surface area contributed by atoms with Gasteiger partial charge in [0.25, 0.3) is 0 Å². The van der Waals surface area contributed by atoms with Gasteiger partial charge in [-0.3, -0.25) is 0 Å². The smallest absolute Gasteiger partial charge is 0.170 e. The molecule has 1 aromatic rings. The Bertz CT molecular complexity index is 433. The second kappa shape index (κ2) is 5.65. The van der Waals surface area contributed by atoms with Gasteiger partial charge in [-0.05, 0) is 0 Å². The molecule has 0 amide bonds. The molecule has 0 aliphatic carbocycles. The van der Waals surface area contributed by atoms with E-state index < -0.39 is 0 Å². The minimum Gasteiger partial charge on any atom is -0.506 e. The molecule has 1 aliphatic heterocycles. The monoisotopic (exact) mass is 273 g/mol. The lowest BCUT2D eigenvalue weighted by Crippen LogP contribution is -2.33. The zero-order valence-electron chi connectivity index (χ0n) is 10.3. The highest BCUT2D eigenvalue weighted by Crippen LogP contribution is 2.46. The number of rotatable bonds is 3. The number of ether oxygens (including phenoxy) is 3. The fourth-order valence-electron chi connectivity index (χ4n) is 2.03. The van der Waals surface area contributed by atoms with Crippen molar-refractivity contribution in [1.82, 2.24) is 5.32 Å². The van der Waals surface area contributed by atoms with Crippen LogP contribution in [0, 0.1) is 0 Å². The van der Waals surface area contributed by atoms with Gasteiger partial charge >= 0.3 is 0 Å². The van der Waals surface area contributed by atoms with Crippen LogP contribution in [0.2, 0.25) is 5.02 Å². The van der Waals surface area contributed by atoms with Crippen molar-refractivity contribution in [2.45, 2.75) is 6.10 Å². The lowest BCUT2D eigenvalue weighted by Gasteiger charge is -2.27. The number of hydrogen-bond acceptors (Lipinski definition) is 5. The molecule has 1 heterocycles. The molecule has 5 nitrogen and oxygen atoms in total. The maximum atomic E-state index is 10.1. The minimum absolute atomic E-state index is 0.0250. The summed E-state index contributed by atoms with van der Waals surface area (Å²) in [4.78, 5) is 0. The van der Waals surface area contributed by atoms with Gasteiger partial charge in [0, 0.05) is 19.2 Å². The minimum atomic E-state index is -0.304. The van der Waals surface area contributed by atoms with Crippen LogP contribution in [0.4, 0.5) is 0 Å². The van der Waals surface area contributed by atoms with Gasteiger partial charge in [-0.2, -0.15) is 0 Å². The maximum absolute atomic E-state index is 10.1. The van der Waals surface area contributed by atoms with E-state index in [0.29, 0.717) is 30.2 Å². The second-order valence-corrected chi connectivity index (χ2v) is 4.33. The molecule has 1 unspecified atom stereocenters. The summed E-state index contributed by atoms with van der Waals surface area (Å²) in [5.74, 6) is 0.903. The number of halogens is 1. The van der Waals surface area contributed by atoms with Crippen LogP contribution in [-0.2, 0) is 4.74 Å². The number of phenols is 1. The van der Waals surface area contributed by atoms with Crippen molar-refractivity contribution in [2.75, 3.05) is 33.9 Å². The van der Waals surface area contributed by atoms with E-state index >= 15 is 0 Å². The number of benzene rings is 1. The number of hydrogen-bond donors (Lipinski definition) is 2. The van der Waals surface area contributed by atoms with E-state index in [1.165, 1.54) is 20.3 Å². The first-order valence-electron chi connectivity index (χ1n) is 5.64. The van der Waals surface area contributed by atoms with E-state index in [-0.39, 0.29) is 16.9 Å². The second-order valence-electron chi connectivity index (χ2n) is 3.92. The summed E-state index contributed by atoms with van der Waals surface area (Å²) in [7, 11) is 3.04. The predicted molar refractivity (Wildman–Crippen MR) is 67.8 cm³/mol. The molecule has 18 heavy (non-hydrogen) atoms. The molecule has 0 spiro atoms. The molecule has 2 N–H and O–H groups in total. The summed E-state index contributed by atoms with van der Waals surface area (Å²) in [5.41, 5.74) is 0.522. The van der Waals surface area contributed by atoms with Crippen molar-refractivity contribution in [3.05, 3.63) is 16.7 Å². The van der Waals surface area contributed by atoms with Crippen molar-refractivity contribution >= 4 is 11.6 Å². The summed E-state index contributed by atoms with van der Waals surface area (Å²) in [5, 5.41) is 13.5. The van der Waals surface area contributed by atoms with Crippen LogP contribution >= 0.6 is 11.6 Å². The highest BCUT2D eigenvalue weighted by atomic mass is 35.5. The van der Waals surface area contributed by atoms with Crippen LogP contribution in [0.1, 0.15) is 11.7 Å². The molecule has 2 rings (SSSR count). The van der Waals surface area contributed by atoms with Crippen LogP contribution in [0.15, 0.2) is 6.07 Å². The molecule has 100 valence electrons. The van der Waals surface area contributed by atoms with Gasteiger partial charge in [0.15, 0.2) is 11.5 Å². The molecule has 0 bridgehead atoms. The Balaban J connectivity index is 2.51. The fraction of sp³-hybridized carbons (Fsp3) is 0.500. The quantitative estimate of drug-likeness (QED) is 0.878. The number of phenolic OH excluding ortho intramolecular Hbond substituents is 1. The third kappa shape index (κ3) is 2.34. The number of nitrogens with one attached hydrogen (secondary N) is 1. The first-order chi connectivity index (χ1) is 8.69. The first-order valence-corrected chi connectivity index (χ1v) is 6.02. The first kappa shape index (κ1) is 13.3. The van der Waals surface area contributed by atoms with Crippen LogP contribution < -0.4 is 14.8 Å². The SMILES string of the molecule is COc1cc(Cl)c(O)c(C2CNCCO2)c1OC. The Morgan fingerprint density at radius 3 is 2.78 bits per heavy atom. The van der Waals surface area contributed by atoms with Crippen molar-refractivity contribution in [3.63, 3.8) is 0 Å². The summed E-state index contributed by atoms with van der Waals surface area (Å²) >= 11 is 5.98. The van der Waals surface area contributed by atoms with Gasteiger partial charge in [-0.25, -0.2) is 0 Å². The largest absolute Gasteiger partial charge is 0.506 e. The zero-order valence-corrected chi connectivity index (χ0v) is 11.1. The van der Waals surface area contributed by atoms with Crippen LogP contribution in [-0.4, -0.2) is 39.0 Å². The summed E-state index contributed by atoms with van der Waals surface area (Å²) in [6.07, 6.45) is -0.304. The van der Waals surface area contributed by atoms with Crippen LogP contribution in [0.3, 0.4) is 0 Å². The highest BCUT2D eigenvalue weighted by Gasteiger charge is 2.27. The molecule has 1 atom stereocenters. The lowest BCUT2D eigenvalue weighted by atomic mass is 10.0. The Morgan fingerprint density at radius 1 is 1.44 bits per heavy atom. The Kier molecular flexibility index (Phi) is 4.16. The predicted octanol–water partition coefficient (Wildman–Crippen LogP) is 1.72. The molecule has 0 aromatic heterocycles. The van der Waals surface area contributed by atoms with E-state index in [9.17, 15) is 5.11 Å². The standard InChI is InChI=1S/C12H16ClNO4/c1-16-8-5-7(13)11(15)10(12(8)17-2)9-6-14-3-4-18-9/h5,9,14-15H,3-4,6H2,1-2H3. The van der Waals surface area contributed by atoms with Gasteiger partial charge in [0.2, 0.25) is 0 Å². The summed E-state index contributed by atoms with van der Waals surface area (Å²) in [6.45, 7) is 1.95. The zero-order chi connectivity index (χ0) is 13.1. The molecule has 1 aromatic carbocycles. The van der Waals surface area contributed by atoms with E-state index in [2.05, 4.69) is 5.32 Å². The number of methoxy groups -OCH3 is 2. The average molecular weight is 274 g/mol. The molecule has 1 fully saturated rings. The summed E-state index contributed by atoms with van der Waals surface area (Å²) in [6, 6.07) is 1.52. The molecule has 1 saturated heterocycles. The van der Waals surface area contributed by atoms with E-state index in [0.717, 1.165) is 6.54 Å². The van der Waals surface area contributed by atoms with Crippen molar-refractivity contribution in [2.24, 2.45) is 0 Å². The van der Waals surface area contributed by atoms with Gasteiger partial charge in [0.1, 0.15) is 11.9 Å². The maximum Gasteiger partial charge on any atom is 0.170 e. The van der Waals surface area contributed by atoms with E-state index in [1.807, 2.05) is 0 Å². The van der Waals surface area contributed by atoms with Crippen molar-refractivity contribution in [3.8, 4) is 17.2 Å². The molecule has 0 saturated carbocycles. The van der Waals surface area contributed by atoms with Crippen molar-refractivity contribution in [1.29, 1.82) is 0 Å². The Hall–Kier alpha value is -1.17. The van der Waals surface area contributed by atoms with E-state index in [4.69, 9.17) is 25.8 Å². The number of morpholine rings is 1. The van der Waals surface area contributed by atoms with Gasteiger partial charge in [0.05, 0.1) is 31.4 Å². The Labute approximate surface area is 111 Å². The molecule has 0 radical (unpaired) electrons. The van der Waals surface area contributed by atoms with Crippen molar-refractivity contribution < 1.29 is 19.3 Å². The molecule has 6 heteroatoms. The lowest BCUT2D eigenvalue weighted by molar-refractivity contribution is 0.0246. The molecular weight excluding hydrogens is 258 g/mol.